The Hall–Kier alpha value is -0.870. The maximum absolute atomic E-state index is 13.2. The van der Waals surface area contributed by atoms with Gasteiger partial charge in [0.15, 0.2) is 6.17 Å². The molecule has 1 atom stereocenters. The molecular weight excluding hydrogens is 248 g/mol. The van der Waals surface area contributed by atoms with Crippen LogP contribution >= 0.6 is 11.6 Å². The molecule has 2 N–H and O–H groups in total. The average Bonchev–Trinajstić information content (AvgIpc) is 2.23. The van der Waals surface area contributed by atoms with Gasteiger partial charge >= 0.3 is 29.6 Å². The molecule has 1 unspecified atom stereocenters. The normalized spacial score (nSPS) is 22.2. The van der Waals surface area contributed by atoms with E-state index in [1.165, 1.54) is 6.07 Å². The smallest absolute Gasteiger partial charge is 0.792 e. The number of nitriles is 1. The number of carbonyl (C=O) groups is 1. The second-order valence-corrected chi connectivity index (χ2v) is 3.03. The number of hydrogen-bond donors (Lipinski definition) is 1. The van der Waals surface area contributed by atoms with Crippen LogP contribution in [0.1, 0.15) is 0 Å². The van der Waals surface area contributed by atoms with Crippen molar-refractivity contribution in [2.24, 2.45) is 10.9 Å². The largest absolute Gasteiger partial charge is 1.00 e. The molecule has 0 bridgehead atoms. The maximum Gasteiger partial charge on any atom is 1.00 e. The summed E-state index contributed by atoms with van der Waals surface area (Å²) in [6, 6.07) is 1.28. The van der Waals surface area contributed by atoms with Crippen molar-refractivity contribution in [1.29, 1.82) is 5.26 Å². The number of halogens is 2. The maximum atomic E-state index is 13.2. The molecule has 1 aliphatic rings. The first-order valence-corrected chi connectivity index (χ1v) is 4.06. The van der Waals surface area contributed by atoms with Gasteiger partial charge in [0.25, 0.3) is 5.78 Å². The van der Waals surface area contributed by atoms with Gasteiger partial charge in [0.2, 0.25) is 0 Å². The Morgan fingerprint density at radius 1 is 1.75 bits per heavy atom. The summed E-state index contributed by atoms with van der Waals surface area (Å²) in [6.45, 7) is 0. The molecule has 1 aliphatic carbocycles. The van der Waals surface area contributed by atoms with Gasteiger partial charge < -0.3 is 16.1 Å². The zero-order valence-corrected chi connectivity index (χ0v) is 11.0. The molecule has 16 heavy (non-hydrogen) atoms. The standard InChI is InChI=1S/C8H5ClFN3O2.Na/c9-6-3(5(14)2-11)1-4(12)7(10)8(6)13-15;/h1,7,15H,12H2;/q;+1/p-1. The molecule has 78 valence electrons. The molecule has 0 aromatic carbocycles. The first-order valence-electron chi connectivity index (χ1n) is 3.68. The fourth-order valence-electron chi connectivity index (χ4n) is 1.02. The molecular formula is C8H4ClFN3NaO2. The van der Waals surface area contributed by atoms with Crippen molar-refractivity contribution in [3.05, 3.63) is 27.6 Å². The third kappa shape index (κ3) is 2.62. The van der Waals surface area contributed by atoms with Crippen LogP contribution in [0.2, 0.25) is 0 Å². The van der Waals surface area contributed by atoms with E-state index in [0.29, 0.717) is 0 Å². The molecule has 0 saturated carbocycles. The molecule has 0 aliphatic heterocycles. The molecule has 5 nitrogen and oxygen atoms in total. The first kappa shape index (κ1) is 15.1. The van der Waals surface area contributed by atoms with E-state index in [2.05, 4.69) is 5.16 Å². The number of Topliss-reactive ketones (excluding diaryl/α,β-unsaturated/α-hetero) is 1. The zero-order valence-electron chi connectivity index (χ0n) is 8.20. The van der Waals surface area contributed by atoms with E-state index >= 15 is 0 Å². The van der Waals surface area contributed by atoms with Gasteiger partial charge in [-0.2, -0.15) is 5.26 Å². The van der Waals surface area contributed by atoms with Crippen molar-refractivity contribution in [1.82, 2.24) is 0 Å². The van der Waals surface area contributed by atoms with Crippen molar-refractivity contribution < 1.29 is 38.7 Å². The molecule has 1 rings (SSSR count). The summed E-state index contributed by atoms with van der Waals surface area (Å²) in [5.74, 6) is -1.00. The summed E-state index contributed by atoms with van der Waals surface area (Å²) in [6.07, 6.45) is -1.02. The monoisotopic (exact) mass is 251 g/mol. The Morgan fingerprint density at radius 3 is 2.75 bits per heavy atom. The Labute approximate surface area is 117 Å². The van der Waals surface area contributed by atoms with Crippen molar-refractivity contribution >= 4 is 23.1 Å². The SMILES string of the molecule is N#CC(=O)C1=C(Cl)C(=N[O-])C(F)C(N)=C1.[Na+]. The van der Waals surface area contributed by atoms with Gasteiger partial charge in [-0.25, -0.2) is 4.39 Å². The summed E-state index contributed by atoms with van der Waals surface area (Å²) >= 11 is 5.52. The van der Waals surface area contributed by atoms with Crippen molar-refractivity contribution in [3.8, 4) is 6.07 Å². The summed E-state index contributed by atoms with van der Waals surface area (Å²) < 4.78 is 13.2. The minimum absolute atomic E-state index is 0. The second-order valence-electron chi connectivity index (χ2n) is 2.65. The van der Waals surface area contributed by atoms with Gasteiger partial charge in [-0.15, -0.1) is 0 Å². The van der Waals surface area contributed by atoms with Crippen LogP contribution < -0.4 is 35.3 Å². The summed E-state index contributed by atoms with van der Waals surface area (Å²) in [4.78, 5) is 11.0. The van der Waals surface area contributed by atoms with Crippen LogP contribution in [0.5, 0.6) is 0 Å². The molecule has 0 amide bonds. The van der Waals surface area contributed by atoms with Crippen LogP contribution in [0.25, 0.3) is 0 Å². The zero-order chi connectivity index (χ0) is 11.6. The van der Waals surface area contributed by atoms with E-state index < -0.39 is 22.7 Å². The van der Waals surface area contributed by atoms with Gasteiger partial charge in [-0.05, 0) is 6.08 Å². The van der Waals surface area contributed by atoms with Gasteiger partial charge in [0.1, 0.15) is 6.07 Å². The van der Waals surface area contributed by atoms with Crippen molar-refractivity contribution in [2.45, 2.75) is 6.17 Å². The Kier molecular flexibility index (Phi) is 5.68. The summed E-state index contributed by atoms with van der Waals surface area (Å²) in [5, 5.41) is 20.5. The van der Waals surface area contributed by atoms with E-state index in [1.54, 1.807) is 0 Å². The minimum atomic E-state index is -1.94. The summed E-state index contributed by atoms with van der Waals surface area (Å²) in [7, 11) is 0. The number of rotatable bonds is 1. The Balaban J connectivity index is 0.00000225. The molecule has 0 spiro atoms. The Morgan fingerprint density at radius 2 is 2.31 bits per heavy atom. The third-order valence-electron chi connectivity index (χ3n) is 1.75. The quantitative estimate of drug-likeness (QED) is 0.322. The number of allylic oxidation sites excluding steroid dienone is 4. The van der Waals surface area contributed by atoms with Gasteiger partial charge in [-0.3, -0.25) is 4.79 Å². The van der Waals surface area contributed by atoms with E-state index in [1.807, 2.05) is 0 Å². The molecule has 0 aromatic rings. The van der Waals surface area contributed by atoms with Gasteiger partial charge in [0, 0.05) is 5.70 Å². The number of hydrogen-bond acceptors (Lipinski definition) is 5. The number of ketones is 1. The first-order chi connectivity index (χ1) is 7.02. The topological polar surface area (TPSA) is 102 Å². The van der Waals surface area contributed by atoms with Gasteiger partial charge in [-0.1, -0.05) is 11.6 Å². The molecule has 8 heteroatoms. The van der Waals surface area contributed by atoms with Crippen LogP contribution in [0, 0.1) is 16.5 Å². The average molecular weight is 252 g/mol. The van der Waals surface area contributed by atoms with Crippen molar-refractivity contribution in [2.75, 3.05) is 0 Å². The third-order valence-corrected chi connectivity index (χ3v) is 2.15. The number of nitrogens with zero attached hydrogens (tertiary/aromatic N) is 2. The van der Waals surface area contributed by atoms with Crippen LogP contribution in [0.15, 0.2) is 27.5 Å². The van der Waals surface area contributed by atoms with E-state index in [9.17, 15) is 14.4 Å². The molecule has 0 radical (unpaired) electrons. The van der Waals surface area contributed by atoms with Crippen molar-refractivity contribution in [3.63, 3.8) is 0 Å². The van der Waals surface area contributed by atoms with Gasteiger partial charge in [0.05, 0.1) is 16.3 Å². The fourth-order valence-corrected chi connectivity index (χ4v) is 1.29. The Bertz CT molecular complexity index is 453. The number of nitrogens with two attached hydrogens (primary N) is 1. The van der Waals surface area contributed by atoms with Crippen LogP contribution in [-0.4, -0.2) is 17.7 Å². The van der Waals surface area contributed by atoms with Crippen LogP contribution in [-0.2, 0) is 4.79 Å². The minimum Gasteiger partial charge on any atom is -0.792 e. The predicted octanol–water partition coefficient (Wildman–Crippen LogP) is -2.29. The number of carbonyl (C=O) groups excluding carboxylic acids is 1. The van der Waals surface area contributed by atoms with Crippen LogP contribution in [0.3, 0.4) is 0 Å². The fraction of sp³-hybridized carbons (Fsp3) is 0.125. The molecule has 0 saturated heterocycles. The summed E-state index contributed by atoms with van der Waals surface area (Å²) in [5.41, 5.74) is 3.82. The van der Waals surface area contributed by atoms with E-state index in [4.69, 9.17) is 22.6 Å². The second kappa shape index (κ2) is 6.01. The molecule has 0 fully saturated rings. The molecule has 0 heterocycles. The van der Waals surface area contributed by atoms with E-state index in [-0.39, 0.29) is 40.8 Å². The molecule has 0 aromatic heterocycles. The number of alkyl halides is 1. The predicted molar refractivity (Wildman–Crippen MR) is 51.5 cm³/mol. The van der Waals surface area contributed by atoms with E-state index in [0.717, 1.165) is 6.08 Å². The van der Waals surface area contributed by atoms with Crippen LogP contribution in [0.4, 0.5) is 4.39 Å².